The maximum Gasteiger partial charge on any atom is 0.200 e. The molecule has 0 aromatic heterocycles. The van der Waals surface area contributed by atoms with E-state index in [9.17, 15) is 15.3 Å². The molecular weight excluding hydrogens is 324 g/mol. The molecule has 0 radical (unpaired) electrons. The molecule has 0 amide bonds. The predicted molar refractivity (Wildman–Crippen MR) is 110 cm³/mol. The van der Waals surface area contributed by atoms with Gasteiger partial charge in [0.05, 0.1) is 0 Å². The summed E-state index contributed by atoms with van der Waals surface area (Å²) in [6.07, 6.45) is 9.37. The highest BCUT2D eigenvalue weighted by Crippen LogP contribution is 2.41. The van der Waals surface area contributed by atoms with Crippen molar-refractivity contribution in [2.24, 2.45) is 10.8 Å². The molecule has 0 aliphatic rings. The molecule has 0 saturated carbocycles. The topological polar surface area (TPSA) is 60.7 Å². The first-order valence-electron chi connectivity index (χ1n) is 10.2. The number of unbranched alkanes of at least 4 members (excludes halogenated alkanes) is 3. The minimum absolute atomic E-state index is 0.134. The Kier molecular flexibility index (Phi) is 8.30. The molecule has 0 spiro atoms. The lowest BCUT2D eigenvalue weighted by atomic mass is 9.88. The van der Waals surface area contributed by atoms with Gasteiger partial charge in [-0.3, -0.25) is 0 Å². The monoisotopic (exact) mass is 364 g/mol. The van der Waals surface area contributed by atoms with Gasteiger partial charge in [-0.15, -0.1) is 0 Å². The van der Waals surface area contributed by atoms with Crippen molar-refractivity contribution in [1.29, 1.82) is 0 Å². The van der Waals surface area contributed by atoms with E-state index in [0.29, 0.717) is 10.8 Å². The maximum atomic E-state index is 10.3. The van der Waals surface area contributed by atoms with E-state index in [1.54, 1.807) is 6.07 Å². The third-order valence-corrected chi connectivity index (χ3v) is 4.93. The Bertz CT molecular complexity index is 562. The van der Waals surface area contributed by atoms with E-state index in [2.05, 4.69) is 41.5 Å². The summed E-state index contributed by atoms with van der Waals surface area (Å²) >= 11 is 0. The van der Waals surface area contributed by atoms with Crippen LogP contribution < -0.4 is 0 Å². The summed E-state index contributed by atoms with van der Waals surface area (Å²) in [7, 11) is 0. The number of rotatable bonds is 9. The first-order valence-corrected chi connectivity index (χ1v) is 10.2. The minimum atomic E-state index is -0.382. The quantitative estimate of drug-likeness (QED) is 0.337. The molecule has 0 saturated heterocycles. The highest BCUT2D eigenvalue weighted by molar-refractivity contribution is 5.57. The van der Waals surface area contributed by atoms with Crippen LogP contribution >= 0.6 is 0 Å². The Balaban J connectivity index is 2.68. The van der Waals surface area contributed by atoms with E-state index < -0.39 is 0 Å². The van der Waals surface area contributed by atoms with Gasteiger partial charge in [-0.25, -0.2) is 0 Å². The number of hydrogen-bond acceptors (Lipinski definition) is 3. The standard InChI is InChI=1S/C23H40O3/c1-22(2,3)14-10-7-8-12-17-16-19(24)21(26)20(25)18(17)13-9-11-15-23(4,5)6/h16,24-26H,7-15H2,1-6H3. The first kappa shape index (κ1) is 22.7. The lowest BCUT2D eigenvalue weighted by Crippen LogP contribution is -2.05. The van der Waals surface area contributed by atoms with Crippen LogP contribution in [0.5, 0.6) is 17.2 Å². The molecule has 3 N–H and O–H groups in total. The summed E-state index contributed by atoms with van der Waals surface area (Å²) in [5.74, 6) is -0.733. The van der Waals surface area contributed by atoms with Crippen molar-refractivity contribution < 1.29 is 15.3 Å². The van der Waals surface area contributed by atoms with Crippen molar-refractivity contribution in [3.8, 4) is 17.2 Å². The molecular formula is C23H40O3. The first-order chi connectivity index (χ1) is 11.9. The number of phenols is 3. The van der Waals surface area contributed by atoms with Crippen molar-refractivity contribution in [1.82, 2.24) is 0 Å². The normalized spacial score (nSPS) is 12.5. The molecule has 3 nitrogen and oxygen atoms in total. The summed E-state index contributed by atoms with van der Waals surface area (Å²) < 4.78 is 0. The van der Waals surface area contributed by atoms with Gasteiger partial charge in [0.1, 0.15) is 0 Å². The molecule has 1 aromatic carbocycles. The molecule has 26 heavy (non-hydrogen) atoms. The van der Waals surface area contributed by atoms with E-state index in [4.69, 9.17) is 0 Å². The van der Waals surface area contributed by atoms with Gasteiger partial charge >= 0.3 is 0 Å². The van der Waals surface area contributed by atoms with Gasteiger partial charge in [-0.1, -0.05) is 60.8 Å². The van der Waals surface area contributed by atoms with Crippen molar-refractivity contribution in [2.45, 2.75) is 99.3 Å². The predicted octanol–water partition coefficient (Wildman–Crippen LogP) is 6.71. The maximum absolute atomic E-state index is 10.3. The molecule has 0 fully saturated rings. The van der Waals surface area contributed by atoms with Crippen LogP contribution in [0.3, 0.4) is 0 Å². The van der Waals surface area contributed by atoms with Crippen LogP contribution in [-0.4, -0.2) is 15.3 Å². The van der Waals surface area contributed by atoms with Crippen LogP contribution in [0, 0.1) is 10.8 Å². The fraction of sp³-hybridized carbons (Fsp3) is 0.739. The SMILES string of the molecule is CC(C)(C)CCCCCc1cc(O)c(O)c(O)c1CCCCC(C)(C)C. The van der Waals surface area contributed by atoms with Crippen molar-refractivity contribution in [2.75, 3.05) is 0 Å². The Morgan fingerprint density at radius 2 is 1.15 bits per heavy atom. The average molecular weight is 365 g/mol. The van der Waals surface area contributed by atoms with Crippen LogP contribution in [0.25, 0.3) is 0 Å². The van der Waals surface area contributed by atoms with Crippen LogP contribution in [-0.2, 0) is 12.8 Å². The molecule has 1 aromatic rings. The van der Waals surface area contributed by atoms with E-state index in [1.165, 1.54) is 12.8 Å². The zero-order valence-corrected chi connectivity index (χ0v) is 17.8. The third-order valence-electron chi connectivity index (χ3n) is 4.93. The molecule has 0 aliphatic heterocycles. The van der Waals surface area contributed by atoms with Crippen LogP contribution in [0.1, 0.15) is 97.6 Å². The molecule has 0 unspecified atom stereocenters. The van der Waals surface area contributed by atoms with E-state index in [1.807, 2.05) is 0 Å². The number of aromatic hydroxyl groups is 3. The molecule has 0 heterocycles. The Hall–Kier alpha value is -1.38. The number of aryl methyl sites for hydroxylation is 1. The largest absolute Gasteiger partial charge is 0.504 e. The van der Waals surface area contributed by atoms with Crippen LogP contribution in [0.15, 0.2) is 6.07 Å². The van der Waals surface area contributed by atoms with Gasteiger partial charge in [0, 0.05) is 5.56 Å². The molecule has 0 atom stereocenters. The van der Waals surface area contributed by atoms with Gasteiger partial charge < -0.3 is 15.3 Å². The lowest BCUT2D eigenvalue weighted by Gasteiger charge is -2.19. The summed E-state index contributed by atoms with van der Waals surface area (Å²) in [5.41, 5.74) is 2.47. The summed E-state index contributed by atoms with van der Waals surface area (Å²) in [4.78, 5) is 0. The van der Waals surface area contributed by atoms with Gasteiger partial charge in [-0.2, -0.15) is 0 Å². The van der Waals surface area contributed by atoms with Crippen LogP contribution in [0.2, 0.25) is 0 Å². The number of phenolic OH excluding ortho intramolecular Hbond substituents is 3. The molecule has 1 rings (SSSR count). The van der Waals surface area contributed by atoms with Crippen molar-refractivity contribution >= 4 is 0 Å². The molecule has 3 heteroatoms. The van der Waals surface area contributed by atoms with Gasteiger partial charge in [0.25, 0.3) is 0 Å². The van der Waals surface area contributed by atoms with Crippen molar-refractivity contribution in [3.63, 3.8) is 0 Å². The highest BCUT2D eigenvalue weighted by atomic mass is 16.3. The fourth-order valence-corrected chi connectivity index (χ4v) is 3.34. The summed E-state index contributed by atoms with van der Waals surface area (Å²) in [5, 5.41) is 30.1. The second-order valence-corrected chi connectivity index (χ2v) is 10.1. The Morgan fingerprint density at radius 1 is 0.654 bits per heavy atom. The molecule has 150 valence electrons. The summed E-state index contributed by atoms with van der Waals surface area (Å²) in [6.45, 7) is 13.5. The van der Waals surface area contributed by atoms with E-state index in [-0.39, 0.29) is 17.2 Å². The summed E-state index contributed by atoms with van der Waals surface area (Å²) in [6, 6.07) is 1.64. The molecule has 0 aliphatic carbocycles. The van der Waals surface area contributed by atoms with Crippen LogP contribution in [0.4, 0.5) is 0 Å². The van der Waals surface area contributed by atoms with Gasteiger partial charge in [0.2, 0.25) is 5.75 Å². The third kappa shape index (κ3) is 8.33. The average Bonchev–Trinajstić information content (AvgIpc) is 2.49. The second-order valence-electron chi connectivity index (χ2n) is 10.1. The Labute approximate surface area is 160 Å². The number of hydrogen-bond donors (Lipinski definition) is 3. The molecule has 0 bridgehead atoms. The highest BCUT2D eigenvalue weighted by Gasteiger charge is 2.17. The zero-order chi connectivity index (χ0) is 20.0. The smallest absolute Gasteiger partial charge is 0.200 e. The fourth-order valence-electron chi connectivity index (χ4n) is 3.34. The van der Waals surface area contributed by atoms with E-state index >= 15 is 0 Å². The van der Waals surface area contributed by atoms with Crippen molar-refractivity contribution in [3.05, 3.63) is 17.2 Å². The van der Waals surface area contributed by atoms with Gasteiger partial charge in [0.15, 0.2) is 11.5 Å². The Morgan fingerprint density at radius 3 is 1.69 bits per heavy atom. The zero-order valence-electron chi connectivity index (χ0n) is 17.8. The number of benzene rings is 1. The van der Waals surface area contributed by atoms with Gasteiger partial charge in [-0.05, 0) is 61.0 Å². The lowest BCUT2D eigenvalue weighted by molar-refractivity contribution is 0.354. The van der Waals surface area contributed by atoms with E-state index in [0.717, 1.165) is 56.1 Å². The minimum Gasteiger partial charge on any atom is -0.504 e. The second kappa shape index (κ2) is 9.53.